The number of urea groups is 1. The van der Waals surface area contributed by atoms with Gasteiger partial charge in [0.2, 0.25) is 5.91 Å². The van der Waals surface area contributed by atoms with E-state index in [1.165, 1.54) is 11.1 Å². The lowest BCUT2D eigenvalue weighted by Crippen LogP contribution is -2.57. The van der Waals surface area contributed by atoms with Gasteiger partial charge in [-0.3, -0.25) is 9.59 Å². The van der Waals surface area contributed by atoms with E-state index in [1.807, 2.05) is 18.7 Å². The van der Waals surface area contributed by atoms with Gasteiger partial charge < -0.3 is 20.3 Å². The molecule has 0 aromatic heterocycles. The van der Waals surface area contributed by atoms with Crippen molar-refractivity contribution in [2.24, 2.45) is 11.3 Å². The van der Waals surface area contributed by atoms with E-state index in [0.717, 1.165) is 6.42 Å². The van der Waals surface area contributed by atoms with Crippen LogP contribution in [0.15, 0.2) is 24.3 Å². The van der Waals surface area contributed by atoms with Gasteiger partial charge in [-0.2, -0.15) is 0 Å². The third-order valence-corrected chi connectivity index (χ3v) is 6.16. The molecule has 1 saturated heterocycles. The Bertz CT molecular complexity index is 789. The second-order valence-electron chi connectivity index (χ2n) is 9.68. The summed E-state index contributed by atoms with van der Waals surface area (Å²) in [4.78, 5) is 39.0. The lowest BCUT2D eigenvalue weighted by atomic mass is 9.70. The molecule has 0 saturated carbocycles. The van der Waals surface area contributed by atoms with Crippen molar-refractivity contribution >= 4 is 17.9 Å². The summed E-state index contributed by atoms with van der Waals surface area (Å²) in [7, 11) is 0. The zero-order valence-corrected chi connectivity index (χ0v) is 20.4. The van der Waals surface area contributed by atoms with Crippen LogP contribution in [0.2, 0.25) is 0 Å². The molecule has 7 heteroatoms. The Hall–Kier alpha value is -2.57. The molecular formula is C25H39N3O4. The molecular weight excluding hydrogens is 406 g/mol. The summed E-state index contributed by atoms with van der Waals surface area (Å²) in [5.74, 6) is -0.0982. The molecule has 2 atom stereocenters. The molecule has 1 aromatic rings. The van der Waals surface area contributed by atoms with Crippen LogP contribution in [0.5, 0.6) is 0 Å². The summed E-state index contributed by atoms with van der Waals surface area (Å²) in [5.41, 5.74) is 2.48. The number of ether oxygens (including phenoxy) is 1. The number of hydrogen-bond donors (Lipinski definition) is 2. The predicted molar refractivity (Wildman–Crippen MR) is 125 cm³/mol. The van der Waals surface area contributed by atoms with E-state index in [4.69, 9.17) is 4.74 Å². The highest BCUT2D eigenvalue weighted by Crippen LogP contribution is 2.42. The zero-order chi connectivity index (χ0) is 23.9. The second-order valence-corrected chi connectivity index (χ2v) is 9.68. The normalized spacial score (nSPS) is 18.7. The maximum absolute atomic E-state index is 13.3. The van der Waals surface area contributed by atoms with E-state index < -0.39 is 12.1 Å². The van der Waals surface area contributed by atoms with Crippen molar-refractivity contribution in [3.8, 4) is 0 Å². The molecule has 1 aromatic carbocycles. The first-order chi connectivity index (χ1) is 15.0. The van der Waals surface area contributed by atoms with Crippen molar-refractivity contribution in [2.75, 3.05) is 26.2 Å². The lowest BCUT2D eigenvalue weighted by Gasteiger charge is -2.45. The molecule has 1 heterocycles. The molecule has 178 valence electrons. The lowest BCUT2D eigenvalue weighted by molar-refractivity contribution is -0.143. The first kappa shape index (κ1) is 25.7. The third-order valence-electron chi connectivity index (χ3n) is 6.16. The highest BCUT2D eigenvalue weighted by Gasteiger charge is 2.40. The van der Waals surface area contributed by atoms with Gasteiger partial charge in [-0.1, -0.05) is 57.5 Å². The van der Waals surface area contributed by atoms with Gasteiger partial charge in [-0.05, 0) is 43.1 Å². The second kappa shape index (κ2) is 11.3. The van der Waals surface area contributed by atoms with Crippen LogP contribution in [-0.2, 0) is 14.3 Å². The molecule has 1 unspecified atom stereocenters. The maximum atomic E-state index is 13.3. The number of esters is 1. The Balaban J connectivity index is 1.97. The summed E-state index contributed by atoms with van der Waals surface area (Å²) in [6, 6.07) is 7.60. The Labute approximate surface area is 192 Å². The van der Waals surface area contributed by atoms with Crippen LogP contribution in [0.4, 0.5) is 4.79 Å². The largest absolute Gasteiger partial charge is 0.466 e. The van der Waals surface area contributed by atoms with Gasteiger partial charge in [0.15, 0.2) is 0 Å². The number of hydrogen-bond acceptors (Lipinski definition) is 4. The Morgan fingerprint density at radius 1 is 1.19 bits per heavy atom. The van der Waals surface area contributed by atoms with Crippen LogP contribution in [0.3, 0.4) is 0 Å². The van der Waals surface area contributed by atoms with Crippen LogP contribution >= 0.6 is 0 Å². The van der Waals surface area contributed by atoms with Gasteiger partial charge in [0.1, 0.15) is 6.04 Å². The van der Waals surface area contributed by atoms with Crippen molar-refractivity contribution in [1.29, 1.82) is 0 Å². The molecule has 7 nitrogen and oxygen atoms in total. The number of nitrogens with zero attached hydrogens (tertiary/aromatic N) is 1. The van der Waals surface area contributed by atoms with E-state index in [9.17, 15) is 14.4 Å². The van der Waals surface area contributed by atoms with E-state index >= 15 is 0 Å². The SMILES string of the molecule is CCOC(=O)CCNC(=O)N[C@@H](C(=O)N1CCC(c2ccc(C)cc2)C(C)(C)C1)C(C)C. The summed E-state index contributed by atoms with van der Waals surface area (Å²) in [6.45, 7) is 13.9. The highest BCUT2D eigenvalue weighted by atomic mass is 16.5. The number of benzene rings is 1. The average molecular weight is 446 g/mol. The number of nitrogens with one attached hydrogen (secondary N) is 2. The van der Waals surface area contributed by atoms with Crippen molar-refractivity contribution in [1.82, 2.24) is 15.5 Å². The highest BCUT2D eigenvalue weighted by molar-refractivity contribution is 5.87. The zero-order valence-electron chi connectivity index (χ0n) is 20.4. The molecule has 1 fully saturated rings. The summed E-state index contributed by atoms with van der Waals surface area (Å²) in [6.07, 6.45) is 0.987. The van der Waals surface area contributed by atoms with Gasteiger partial charge in [0.05, 0.1) is 13.0 Å². The average Bonchev–Trinajstić information content (AvgIpc) is 2.71. The monoisotopic (exact) mass is 445 g/mol. The van der Waals surface area contributed by atoms with E-state index in [0.29, 0.717) is 25.6 Å². The predicted octanol–water partition coefficient (Wildman–Crippen LogP) is 3.61. The first-order valence-corrected chi connectivity index (χ1v) is 11.6. The number of likely N-dealkylation sites (tertiary alicyclic amines) is 1. The Kier molecular flexibility index (Phi) is 9.10. The minimum absolute atomic E-state index is 0.0590. The molecule has 1 aliphatic heterocycles. The first-order valence-electron chi connectivity index (χ1n) is 11.6. The molecule has 0 aliphatic carbocycles. The van der Waals surface area contributed by atoms with Crippen LogP contribution in [0.25, 0.3) is 0 Å². The summed E-state index contributed by atoms with van der Waals surface area (Å²) < 4.78 is 4.85. The van der Waals surface area contributed by atoms with Crippen LogP contribution in [0.1, 0.15) is 64.5 Å². The van der Waals surface area contributed by atoms with Crippen molar-refractivity contribution in [2.45, 2.75) is 66.3 Å². The fourth-order valence-electron chi connectivity index (χ4n) is 4.38. The fraction of sp³-hybridized carbons (Fsp3) is 0.640. The molecule has 3 amide bonds. The standard InChI is InChI=1S/C25H39N3O4/c1-7-32-21(29)12-14-26-24(31)27-22(17(2)3)23(30)28-15-13-20(25(5,6)16-28)19-10-8-18(4)9-11-19/h8-11,17,20,22H,7,12-16H2,1-6H3,(H2,26,27,31)/t20?,22-/m1/s1. The number of carbonyl (C=O) groups excluding carboxylic acids is 3. The molecule has 2 rings (SSSR count). The minimum atomic E-state index is -0.621. The van der Waals surface area contributed by atoms with Gasteiger partial charge in [-0.25, -0.2) is 4.79 Å². The topological polar surface area (TPSA) is 87.7 Å². The van der Waals surface area contributed by atoms with Crippen LogP contribution < -0.4 is 10.6 Å². The molecule has 0 radical (unpaired) electrons. The van der Waals surface area contributed by atoms with Crippen LogP contribution in [-0.4, -0.2) is 55.1 Å². The minimum Gasteiger partial charge on any atom is -0.466 e. The smallest absolute Gasteiger partial charge is 0.315 e. The number of rotatable bonds is 8. The van der Waals surface area contributed by atoms with Crippen molar-refractivity contribution < 1.29 is 19.1 Å². The third kappa shape index (κ3) is 6.97. The number of aryl methyl sites for hydroxylation is 1. The van der Waals surface area contributed by atoms with Gasteiger partial charge in [0.25, 0.3) is 0 Å². The maximum Gasteiger partial charge on any atom is 0.315 e. The Morgan fingerprint density at radius 2 is 1.84 bits per heavy atom. The molecule has 2 N–H and O–H groups in total. The van der Waals surface area contributed by atoms with E-state index in [-0.39, 0.29) is 36.2 Å². The number of amides is 3. The Morgan fingerprint density at radius 3 is 2.41 bits per heavy atom. The molecule has 0 bridgehead atoms. The number of piperidine rings is 1. The fourth-order valence-corrected chi connectivity index (χ4v) is 4.38. The van der Waals surface area contributed by atoms with E-state index in [2.05, 4.69) is 55.7 Å². The van der Waals surface area contributed by atoms with Crippen LogP contribution in [0, 0.1) is 18.3 Å². The quantitative estimate of drug-likeness (QED) is 0.599. The number of carbonyl (C=O) groups is 3. The van der Waals surface area contributed by atoms with Gasteiger partial charge >= 0.3 is 12.0 Å². The molecule has 1 aliphatic rings. The summed E-state index contributed by atoms with van der Waals surface area (Å²) >= 11 is 0. The molecule has 0 spiro atoms. The van der Waals surface area contributed by atoms with Crippen molar-refractivity contribution in [3.05, 3.63) is 35.4 Å². The van der Waals surface area contributed by atoms with Gasteiger partial charge in [0, 0.05) is 19.6 Å². The van der Waals surface area contributed by atoms with E-state index in [1.54, 1.807) is 6.92 Å². The molecule has 32 heavy (non-hydrogen) atoms. The van der Waals surface area contributed by atoms with Crippen molar-refractivity contribution in [3.63, 3.8) is 0 Å². The summed E-state index contributed by atoms with van der Waals surface area (Å²) in [5, 5.41) is 5.45. The van der Waals surface area contributed by atoms with Gasteiger partial charge in [-0.15, -0.1) is 0 Å².